The molecule has 1 saturated carbocycles. The second kappa shape index (κ2) is 6.17. The number of hydrogen-bond donors (Lipinski definition) is 1. The number of hydrogen-bond acceptors (Lipinski definition) is 3. The minimum absolute atomic E-state index is 0.278. The van der Waals surface area contributed by atoms with Gasteiger partial charge in [0.25, 0.3) is 0 Å². The molecule has 0 spiro atoms. The van der Waals surface area contributed by atoms with E-state index in [2.05, 4.69) is 48.8 Å². The molecule has 0 aliphatic heterocycles. The SMILES string of the molecule is COCC(C)Nc1nc(C)cn1C1CCC(C)(C)CC1. The van der Waals surface area contributed by atoms with Gasteiger partial charge in [0.1, 0.15) is 0 Å². The van der Waals surface area contributed by atoms with Gasteiger partial charge in [-0.15, -0.1) is 0 Å². The number of anilines is 1. The van der Waals surface area contributed by atoms with Gasteiger partial charge in [-0.2, -0.15) is 0 Å². The summed E-state index contributed by atoms with van der Waals surface area (Å²) in [7, 11) is 1.74. The highest BCUT2D eigenvalue weighted by Crippen LogP contribution is 2.41. The fraction of sp³-hybridized carbons (Fsp3) is 0.812. The third kappa shape index (κ3) is 3.75. The van der Waals surface area contributed by atoms with Gasteiger partial charge in [-0.25, -0.2) is 4.98 Å². The second-order valence-electron chi connectivity index (χ2n) is 7.01. The first-order valence-electron chi connectivity index (χ1n) is 7.72. The zero-order chi connectivity index (χ0) is 14.8. The summed E-state index contributed by atoms with van der Waals surface area (Å²) >= 11 is 0. The van der Waals surface area contributed by atoms with Crippen molar-refractivity contribution in [3.8, 4) is 0 Å². The van der Waals surface area contributed by atoms with Crippen LogP contribution in [0.2, 0.25) is 0 Å². The number of aromatic nitrogens is 2. The van der Waals surface area contributed by atoms with Crippen molar-refractivity contribution in [3.05, 3.63) is 11.9 Å². The van der Waals surface area contributed by atoms with Gasteiger partial charge in [-0.1, -0.05) is 13.8 Å². The summed E-state index contributed by atoms with van der Waals surface area (Å²) in [4.78, 5) is 4.64. The summed E-state index contributed by atoms with van der Waals surface area (Å²) in [5.74, 6) is 0.997. The van der Waals surface area contributed by atoms with Gasteiger partial charge in [0.05, 0.1) is 12.3 Å². The highest BCUT2D eigenvalue weighted by atomic mass is 16.5. The van der Waals surface area contributed by atoms with Crippen molar-refractivity contribution in [2.45, 2.75) is 65.5 Å². The first-order chi connectivity index (χ1) is 9.41. The van der Waals surface area contributed by atoms with Crippen molar-refractivity contribution >= 4 is 5.95 Å². The summed E-state index contributed by atoms with van der Waals surface area (Å²) in [5.41, 5.74) is 1.59. The lowest BCUT2D eigenvalue weighted by atomic mass is 9.75. The number of aryl methyl sites for hydroxylation is 1. The maximum atomic E-state index is 5.20. The van der Waals surface area contributed by atoms with E-state index in [1.165, 1.54) is 25.7 Å². The summed E-state index contributed by atoms with van der Waals surface area (Å²) in [6.07, 6.45) is 7.26. The molecule has 4 nitrogen and oxygen atoms in total. The molecule has 0 saturated heterocycles. The fourth-order valence-corrected chi connectivity index (χ4v) is 3.08. The molecule has 1 aliphatic rings. The number of imidazole rings is 1. The van der Waals surface area contributed by atoms with Crippen molar-refractivity contribution < 1.29 is 4.74 Å². The largest absolute Gasteiger partial charge is 0.383 e. The molecule has 0 amide bonds. The summed E-state index contributed by atoms with van der Waals surface area (Å²) < 4.78 is 7.54. The van der Waals surface area contributed by atoms with Crippen LogP contribution in [0.3, 0.4) is 0 Å². The lowest BCUT2D eigenvalue weighted by Gasteiger charge is -2.35. The van der Waals surface area contributed by atoms with Gasteiger partial charge >= 0.3 is 0 Å². The van der Waals surface area contributed by atoms with Crippen LogP contribution in [0.25, 0.3) is 0 Å². The van der Waals surface area contributed by atoms with E-state index in [0.717, 1.165) is 11.6 Å². The summed E-state index contributed by atoms with van der Waals surface area (Å²) in [5, 5.41) is 3.48. The quantitative estimate of drug-likeness (QED) is 0.891. The van der Waals surface area contributed by atoms with Crippen LogP contribution < -0.4 is 5.32 Å². The van der Waals surface area contributed by atoms with Crippen molar-refractivity contribution in [2.24, 2.45) is 5.41 Å². The van der Waals surface area contributed by atoms with Crippen LogP contribution in [0.5, 0.6) is 0 Å². The summed E-state index contributed by atoms with van der Waals surface area (Å²) in [6, 6.07) is 0.863. The normalized spacial score (nSPS) is 20.9. The van der Waals surface area contributed by atoms with Crippen LogP contribution in [-0.4, -0.2) is 29.3 Å². The van der Waals surface area contributed by atoms with E-state index in [0.29, 0.717) is 18.1 Å². The molecule has 114 valence electrons. The van der Waals surface area contributed by atoms with Gasteiger partial charge in [0.15, 0.2) is 0 Å². The van der Waals surface area contributed by atoms with Crippen molar-refractivity contribution in [2.75, 3.05) is 19.0 Å². The van der Waals surface area contributed by atoms with Crippen LogP contribution in [0, 0.1) is 12.3 Å². The van der Waals surface area contributed by atoms with E-state index in [1.54, 1.807) is 7.11 Å². The maximum absolute atomic E-state index is 5.20. The third-order valence-electron chi connectivity index (χ3n) is 4.35. The Hall–Kier alpha value is -1.03. The first kappa shape index (κ1) is 15.4. The molecular formula is C16H29N3O. The molecule has 1 N–H and O–H groups in total. The lowest BCUT2D eigenvalue weighted by molar-refractivity contribution is 0.187. The zero-order valence-corrected chi connectivity index (χ0v) is 13.6. The topological polar surface area (TPSA) is 39.1 Å². The third-order valence-corrected chi connectivity index (χ3v) is 4.35. The molecule has 1 aromatic heterocycles. The van der Waals surface area contributed by atoms with E-state index in [4.69, 9.17) is 4.74 Å². The molecule has 1 aliphatic carbocycles. The molecule has 1 unspecified atom stereocenters. The van der Waals surface area contributed by atoms with Crippen LogP contribution in [0.4, 0.5) is 5.95 Å². The molecule has 2 rings (SSSR count). The van der Waals surface area contributed by atoms with Crippen molar-refractivity contribution in [1.29, 1.82) is 0 Å². The Morgan fingerprint density at radius 2 is 2.10 bits per heavy atom. The Morgan fingerprint density at radius 3 is 2.70 bits per heavy atom. The predicted octanol–water partition coefficient (Wildman–Crippen LogP) is 3.78. The Morgan fingerprint density at radius 1 is 1.45 bits per heavy atom. The molecule has 1 fully saturated rings. The van der Waals surface area contributed by atoms with Crippen LogP contribution in [-0.2, 0) is 4.74 Å². The number of ether oxygens (including phenoxy) is 1. The Bertz CT molecular complexity index is 429. The molecule has 20 heavy (non-hydrogen) atoms. The molecule has 1 heterocycles. The van der Waals surface area contributed by atoms with Crippen LogP contribution in [0.15, 0.2) is 6.20 Å². The van der Waals surface area contributed by atoms with E-state index in [1.807, 2.05) is 0 Å². The molecular weight excluding hydrogens is 250 g/mol. The van der Waals surface area contributed by atoms with Gasteiger partial charge in [-0.05, 0) is 44.9 Å². The minimum atomic E-state index is 0.278. The maximum Gasteiger partial charge on any atom is 0.203 e. The van der Waals surface area contributed by atoms with Gasteiger partial charge in [-0.3, -0.25) is 0 Å². The van der Waals surface area contributed by atoms with Gasteiger partial charge in [0.2, 0.25) is 5.95 Å². The van der Waals surface area contributed by atoms with E-state index in [-0.39, 0.29) is 6.04 Å². The Balaban J connectivity index is 2.08. The van der Waals surface area contributed by atoms with Crippen LogP contribution >= 0.6 is 0 Å². The molecule has 1 aromatic rings. The highest BCUT2D eigenvalue weighted by Gasteiger charge is 2.29. The van der Waals surface area contributed by atoms with Crippen LogP contribution in [0.1, 0.15) is 58.2 Å². The standard InChI is InChI=1S/C16H29N3O/c1-12-10-19(14-6-8-16(3,4)9-7-14)15(17-12)18-13(2)11-20-5/h10,13-14H,6-9,11H2,1-5H3,(H,17,18). The lowest BCUT2D eigenvalue weighted by Crippen LogP contribution is -2.27. The molecule has 1 atom stereocenters. The van der Waals surface area contributed by atoms with Crippen molar-refractivity contribution in [3.63, 3.8) is 0 Å². The molecule has 4 heteroatoms. The van der Waals surface area contributed by atoms with Gasteiger partial charge in [0, 0.05) is 25.4 Å². The molecule has 0 aromatic carbocycles. The first-order valence-corrected chi connectivity index (χ1v) is 7.72. The molecule has 0 radical (unpaired) electrons. The number of rotatable bonds is 5. The Labute approximate surface area is 122 Å². The predicted molar refractivity (Wildman–Crippen MR) is 83.2 cm³/mol. The van der Waals surface area contributed by atoms with Gasteiger partial charge < -0.3 is 14.6 Å². The van der Waals surface area contributed by atoms with E-state index in [9.17, 15) is 0 Å². The molecule has 0 bridgehead atoms. The average Bonchev–Trinajstić information content (AvgIpc) is 2.70. The fourth-order valence-electron chi connectivity index (χ4n) is 3.08. The number of nitrogens with one attached hydrogen (secondary N) is 1. The van der Waals surface area contributed by atoms with E-state index >= 15 is 0 Å². The van der Waals surface area contributed by atoms with E-state index < -0.39 is 0 Å². The number of methoxy groups -OCH3 is 1. The minimum Gasteiger partial charge on any atom is -0.383 e. The monoisotopic (exact) mass is 279 g/mol. The highest BCUT2D eigenvalue weighted by molar-refractivity contribution is 5.31. The summed E-state index contributed by atoms with van der Waals surface area (Å²) in [6.45, 7) is 9.64. The van der Waals surface area contributed by atoms with Crippen molar-refractivity contribution in [1.82, 2.24) is 9.55 Å². The second-order valence-corrected chi connectivity index (χ2v) is 7.01. The average molecular weight is 279 g/mol. The Kier molecular flexibility index (Phi) is 4.74. The smallest absolute Gasteiger partial charge is 0.203 e. The number of nitrogens with zero attached hydrogens (tertiary/aromatic N) is 2. The zero-order valence-electron chi connectivity index (χ0n) is 13.6.